The third-order valence-corrected chi connectivity index (χ3v) is 3.58. The zero-order valence-corrected chi connectivity index (χ0v) is 12.6. The largest absolute Gasteiger partial charge is 0.493 e. The fourth-order valence-corrected chi connectivity index (χ4v) is 2.53. The van der Waals surface area contributed by atoms with Crippen LogP contribution in [-0.4, -0.2) is 39.3 Å². The Morgan fingerprint density at radius 2 is 2.29 bits per heavy atom. The van der Waals surface area contributed by atoms with Crippen LogP contribution < -0.4 is 20.1 Å². The van der Waals surface area contributed by atoms with Gasteiger partial charge in [-0.3, -0.25) is 4.79 Å². The molecule has 1 atom stereocenters. The molecule has 0 spiro atoms. The molecular formula is C16H22N2O3. The van der Waals surface area contributed by atoms with Crippen molar-refractivity contribution in [1.29, 1.82) is 0 Å². The molecule has 1 aromatic rings. The number of ether oxygens (including phenoxy) is 2. The van der Waals surface area contributed by atoms with E-state index in [1.54, 1.807) is 26.4 Å². The van der Waals surface area contributed by atoms with Gasteiger partial charge < -0.3 is 20.1 Å². The van der Waals surface area contributed by atoms with Crippen LogP contribution in [0.4, 0.5) is 0 Å². The molecule has 0 saturated carbocycles. The Bertz CT molecular complexity index is 522. The third kappa shape index (κ3) is 3.55. The van der Waals surface area contributed by atoms with Crippen LogP contribution >= 0.6 is 0 Å². The fourth-order valence-electron chi connectivity index (χ4n) is 2.53. The van der Waals surface area contributed by atoms with Crippen molar-refractivity contribution in [2.75, 3.05) is 27.3 Å². The average Bonchev–Trinajstić information content (AvgIpc) is 2.99. The predicted octanol–water partition coefficient (Wildman–Crippen LogP) is 1.52. The SMILES string of the molecule is C=CCc1cc(C(=O)NC2CCNC2)cc(OC)c1OC. The zero-order chi connectivity index (χ0) is 15.2. The van der Waals surface area contributed by atoms with Gasteiger partial charge in [-0.15, -0.1) is 6.58 Å². The number of methoxy groups -OCH3 is 2. The van der Waals surface area contributed by atoms with E-state index in [0.717, 1.165) is 25.1 Å². The molecule has 0 radical (unpaired) electrons. The van der Waals surface area contributed by atoms with Crippen LogP contribution in [0.5, 0.6) is 11.5 Å². The normalized spacial score (nSPS) is 17.3. The van der Waals surface area contributed by atoms with Crippen LogP contribution in [0, 0.1) is 0 Å². The van der Waals surface area contributed by atoms with E-state index < -0.39 is 0 Å². The maximum atomic E-state index is 12.4. The molecule has 5 heteroatoms. The van der Waals surface area contributed by atoms with Gasteiger partial charge in [0.2, 0.25) is 0 Å². The summed E-state index contributed by atoms with van der Waals surface area (Å²) in [5, 5.41) is 6.26. The number of carbonyl (C=O) groups is 1. The van der Waals surface area contributed by atoms with Gasteiger partial charge in [-0.25, -0.2) is 0 Å². The van der Waals surface area contributed by atoms with E-state index in [9.17, 15) is 4.79 Å². The van der Waals surface area contributed by atoms with Gasteiger partial charge in [0.05, 0.1) is 14.2 Å². The summed E-state index contributed by atoms with van der Waals surface area (Å²) in [5.41, 5.74) is 1.47. The van der Waals surface area contributed by atoms with Gasteiger partial charge in [-0.1, -0.05) is 6.08 Å². The van der Waals surface area contributed by atoms with E-state index in [0.29, 0.717) is 23.5 Å². The van der Waals surface area contributed by atoms with E-state index in [4.69, 9.17) is 9.47 Å². The monoisotopic (exact) mass is 290 g/mol. The lowest BCUT2D eigenvalue weighted by molar-refractivity contribution is 0.0939. The van der Waals surface area contributed by atoms with Crippen LogP contribution in [-0.2, 0) is 6.42 Å². The molecule has 1 unspecified atom stereocenters. The van der Waals surface area contributed by atoms with E-state index in [1.807, 2.05) is 6.07 Å². The van der Waals surface area contributed by atoms with Crippen LogP contribution in [0.3, 0.4) is 0 Å². The van der Waals surface area contributed by atoms with Crippen LogP contribution in [0.2, 0.25) is 0 Å². The molecule has 0 aliphatic carbocycles. The molecule has 0 bridgehead atoms. The number of hydrogen-bond acceptors (Lipinski definition) is 4. The highest BCUT2D eigenvalue weighted by Crippen LogP contribution is 2.33. The van der Waals surface area contributed by atoms with Gasteiger partial charge in [0.1, 0.15) is 0 Å². The second kappa shape index (κ2) is 7.13. The first-order valence-electron chi connectivity index (χ1n) is 7.07. The Hall–Kier alpha value is -2.01. The molecule has 1 aliphatic heterocycles. The smallest absolute Gasteiger partial charge is 0.251 e. The molecule has 2 N–H and O–H groups in total. The number of amides is 1. The number of carbonyl (C=O) groups excluding carboxylic acids is 1. The Morgan fingerprint density at radius 1 is 1.48 bits per heavy atom. The Morgan fingerprint density at radius 3 is 2.86 bits per heavy atom. The predicted molar refractivity (Wildman–Crippen MR) is 82.2 cm³/mol. The molecular weight excluding hydrogens is 268 g/mol. The molecule has 2 rings (SSSR count). The molecule has 114 valence electrons. The molecule has 1 amide bonds. The van der Waals surface area contributed by atoms with Crippen molar-refractivity contribution in [3.05, 3.63) is 35.9 Å². The van der Waals surface area contributed by atoms with Gasteiger partial charge in [-0.2, -0.15) is 0 Å². The topological polar surface area (TPSA) is 59.6 Å². The third-order valence-electron chi connectivity index (χ3n) is 3.58. The number of rotatable bonds is 6. The van der Waals surface area contributed by atoms with E-state index in [1.165, 1.54) is 0 Å². The quantitative estimate of drug-likeness (QED) is 0.780. The lowest BCUT2D eigenvalue weighted by Gasteiger charge is -2.16. The molecule has 0 aromatic heterocycles. The summed E-state index contributed by atoms with van der Waals surface area (Å²) >= 11 is 0. The maximum absolute atomic E-state index is 12.4. The Balaban J connectivity index is 2.27. The molecule has 1 fully saturated rings. The van der Waals surface area contributed by atoms with Crippen LogP contribution in [0.15, 0.2) is 24.8 Å². The zero-order valence-electron chi connectivity index (χ0n) is 12.6. The summed E-state index contributed by atoms with van der Waals surface area (Å²) in [4.78, 5) is 12.4. The van der Waals surface area contributed by atoms with Crippen molar-refractivity contribution >= 4 is 5.91 Å². The van der Waals surface area contributed by atoms with Gasteiger partial charge in [-0.05, 0) is 31.5 Å². The molecule has 1 heterocycles. The minimum Gasteiger partial charge on any atom is -0.493 e. The number of hydrogen-bond donors (Lipinski definition) is 2. The van der Waals surface area contributed by atoms with Crippen molar-refractivity contribution in [3.8, 4) is 11.5 Å². The fraction of sp³-hybridized carbons (Fsp3) is 0.438. The summed E-state index contributed by atoms with van der Waals surface area (Å²) < 4.78 is 10.7. The summed E-state index contributed by atoms with van der Waals surface area (Å²) in [7, 11) is 3.16. The lowest BCUT2D eigenvalue weighted by atomic mass is 10.0. The minimum atomic E-state index is -0.0880. The van der Waals surface area contributed by atoms with Gasteiger partial charge in [0.25, 0.3) is 5.91 Å². The van der Waals surface area contributed by atoms with Gasteiger partial charge in [0.15, 0.2) is 11.5 Å². The van der Waals surface area contributed by atoms with Gasteiger partial charge >= 0.3 is 0 Å². The van der Waals surface area contributed by atoms with E-state index >= 15 is 0 Å². The second-order valence-corrected chi connectivity index (χ2v) is 5.03. The average molecular weight is 290 g/mol. The maximum Gasteiger partial charge on any atom is 0.251 e. The van der Waals surface area contributed by atoms with Crippen LogP contribution in [0.1, 0.15) is 22.3 Å². The van der Waals surface area contributed by atoms with Crippen molar-refractivity contribution < 1.29 is 14.3 Å². The van der Waals surface area contributed by atoms with Crippen molar-refractivity contribution in [3.63, 3.8) is 0 Å². The summed E-state index contributed by atoms with van der Waals surface area (Å²) in [6.07, 6.45) is 3.35. The summed E-state index contributed by atoms with van der Waals surface area (Å²) in [5.74, 6) is 1.12. The first kappa shape index (κ1) is 15.4. The molecule has 1 aliphatic rings. The van der Waals surface area contributed by atoms with Gasteiger partial charge in [0, 0.05) is 23.7 Å². The first-order chi connectivity index (χ1) is 10.2. The highest BCUT2D eigenvalue weighted by atomic mass is 16.5. The number of allylic oxidation sites excluding steroid dienone is 1. The Kier molecular flexibility index (Phi) is 5.22. The number of benzene rings is 1. The van der Waals surface area contributed by atoms with Crippen molar-refractivity contribution in [1.82, 2.24) is 10.6 Å². The van der Waals surface area contributed by atoms with Crippen LogP contribution in [0.25, 0.3) is 0 Å². The highest BCUT2D eigenvalue weighted by molar-refractivity contribution is 5.95. The summed E-state index contributed by atoms with van der Waals surface area (Å²) in [6.45, 7) is 5.50. The lowest BCUT2D eigenvalue weighted by Crippen LogP contribution is -2.36. The molecule has 5 nitrogen and oxygen atoms in total. The standard InChI is InChI=1S/C16H22N2O3/c1-4-5-11-8-12(9-14(20-2)15(11)21-3)16(19)18-13-6-7-17-10-13/h4,8-9,13,17H,1,5-7,10H2,2-3H3,(H,18,19). The first-order valence-corrected chi connectivity index (χ1v) is 7.07. The van der Waals surface area contributed by atoms with E-state index in [-0.39, 0.29) is 11.9 Å². The molecule has 1 aromatic carbocycles. The van der Waals surface area contributed by atoms with E-state index in [2.05, 4.69) is 17.2 Å². The molecule has 21 heavy (non-hydrogen) atoms. The highest BCUT2D eigenvalue weighted by Gasteiger charge is 2.20. The summed E-state index contributed by atoms with van der Waals surface area (Å²) in [6, 6.07) is 3.73. The minimum absolute atomic E-state index is 0.0880. The molecule has 1 saturated heterocycles. The van der Waals surface area contributed by atoms with Crippen molar-refractivity contribution in [2.24, 2.45) is 0 Å². The Labute approximate surface area is 125 Å². The van der Waals surface area contributed by atoms with Crippen molar-refractivity contribution in [2.45, 2.75) is 18.9 Å². The second-order valence-electron chi connectivity index (χ2n) is 5.03. The number of nitrogens with one attached hydrogen (secondary N) is 2.